The summed E-state index contributed by atoms with van der Waals surface area (Å²) in [5.41, 5.74) is 6.78. The lowest BCUT2D eigenvalue weighted by Crippen LogP contribution is -2.21. The number of aliphatic hydroxyl groups excluding tert-OH is 1. The third-order valence-corrected chi connectivity index (χ3v) is 3.78. The van der Waals surface area contributed by atoms with Gasteiger partial charge in [-0.2, -0.15) is 0 Å². The summed E-state index contributed by atoms with van der Waals surface area (Å²) in [6.45, 7) is 0.594. The number of ether oxygens (including phenoxy) is 2. The molecule has 0 heterocycles. The second kappa shape index (κ2) is 9.27. The van der Waals surface area contributed by atoms with Gasteiger partial charge in [-0.1, -0.05) is 41.9 Å². The van der Waals surface area contributed by atoms with Gasteiger partial charge in [0, 0.05) is 13.1 Å². The monoisotopic (exact) mass is 364 g/mol. The minimum atomic E-state index is -0.600. The van der Waals surface area contributed by atoms with Gasteiger partial charge in [-0.05, 0) is 23.3 Å². The molecule has 2 aromatic rings. The van der Waals surface area contributed by atoms with E-state index in [1.54, 1.807) is 12.1 Å². The van der Waals surface area contributed by atoms with Crippen LogP contribution in [0.4, 0.5) is 0 Å². The fourth-order valence-corrected chi connectivity index (χ4v) is 2.59. The Morgan fingerprint density at radius 1 is 1.32 bits per heavy atom. The Labute approximate surface area is 151 Å². The van der Waals surface area contributed by atoms with E-state index in [-0.39, 0.29) is 12.4 Å². The molecule has 25 heavy (non-hydrogen) atoms. The van der Waals surface area contributed by atoms with Gasteiger partial charge in [0.2, 0.25) is 0 Å². The number of primary amides is 1. The van der Waals surface area contributed by atoms with Gasteiger partial charge < -0.3 is 25.6 Å². The van der Waals surface area contributed by atoms with Crippen molar-refractivity contribution in [2.45, 2.75) is 12.6 Å². The first kappa shape index (κ1) is 19.1. The highest BCUT2D eigenvalue weighted by atomic mass is 35.5. The molecule has 7 heteroatoms. The van der Waals surface area contributed by atoms with Crippen LogP contribution in [0.25, 0.3) is 0 Å². The van der Waals surface area contributed by atoms with Gasteiger partial charge in [0.25, 0.3) is 5.91 Å². The molecule has 1 amide bonds. The molecular formula is C18H21ClN2O4. The summed E-state index contributed by atoms with van der Waals surface area (Å²) < 4.78 is 10.5. The Hall–Kier alpha value is -2.28. The summed E-state index contributed by atoms with van der Waals surface area (Å²) in [5, 5.41) is 13.6. The number of halogens is 1. The van der Waals surface area contributed by atoms with Crippen molar-refractivity contribution in [1.29, 1.82) is 0 Å². The number of aliphatic hydroxyl groups is 1. The number of amides is 1. The Morgan fingerprint density at radius 3 is 2.68 bits per heavy atom. The van der Waals surface area contributed by atoms with E-state index in [4.69, 9.17) is 26.8 Å². The summed E-state index contributed by atoms with van der Waals surface area (Å²) in [5.74, 6) is 0.0870. The SMILES string of the molecule is COc1cc(CNC[C@@H](O)c2ccccc2)cc(Cl)c1OCC(N)=O. The number of hydrogen-bond acceptors (Lipinski definition) is 5. The third-order valence-electron chi connectivity index (χ3n) is 3.50. The van der Waals surface area contributed by atoms with Gasteiger partial charge in [0.1, 0.15) is 0 Å². The number of carbonyl (C=O) groups excluding carboxylic acids is 1. The zero-order valence-electron chi connectivity index (χ0n) is 13.9. The maximum Gasteiger partial charge on any atom is 0.255 e. The summed E-state index contributed by atoms with van der Waals surface area (Å²) in [7, 11) is 1.49. The number of carbonyl (C=O) groups is 1. The van der Waals surface area contributed by atoms with Crippen LogP contribution in [0.2, 0.25) is 5.02 Å². The van der Waals surface area contributed by atoms with E-state index >= 15 is 0 Å². The minimum absolute atomic E-state index is 0.274. The van der Waals surface area contributed by atoms with Crippen molar-refractivity contribution < 1.29 is 19.4 Å². The van der Waals surface area contributed by atoms with Crippen molar-refractivity contribution in [1.82, 2.24) is 5.32 Å². The molecule has 134 valence electrons. The van der Waals surface area contributed by atoms with E-state index in [2.05, 4.69) is 5.32 Å². The van der Waals surface area contributed by atoms with Crippen LogP contribution in [0.3, 0.4) is 0 Å². The van der Waals surface area contributed by atoms with Crippen molar-refractivity contribution in [3.8, 4) is 11.5 Å². The molecular weight excluding hydrogens is 344 g/mol. The summed E-state index contributed by atoms with van der Waals surface area (Å²) in [6, 6.07) is 12.9. The second-order valence-corrected chi connectivity index (χ2v) is 5.83. The highest BCUT2D eigenvalue weighted by molar-refractivity contribution is 6.32. The van der Waals surface area contributed by atoms with E-state index < -0.39 is 12.0 Å². The lowest BCUT2D eigenvalue weighted by atomic mass is 10.1. The van der Waals surface area contributed by atoms with Crippen LogP contribution in [0, 0.1) is 0 Å². The zero-order valence-corrected chi connectivity index (χ0v) is 14.6. The molecule has 0 aliphatic rings. The molecule has 4 N–H and O–H groups in total. The predicted octanol–water partition coefficient (Wildman–Crippen LogP) is 2.04. The topological polar surface area (TPSA) is 93.8 Å². The molecule has 0 saturated heterocycles. The molecule has 0 aliphatic heterocycles. The average Bonchev–Trinajstić information content (AvgIpc) is 2.60. The number of methoxy groups -OCH3 is 1. The van der Waals surface area contributed by atoms with Crippen molar-refractivity contribution in [2.75, 3.05) is 20.3 Å². The van der Waals surface area contributed by atoms with Crippen molar-refractivity contribution in [3.05, 3.63) is 58.6 Å². The van der Waals surface area contributed by atoms with Gasteiger partial charge in [0.15, 0.2) is 18.1 Å². The number of hydrogen-bond donors (Lipinski definition) is 3. The lowest BCUT2D eigenvalue weighted by Gasteiger charge is -2.15. The number of rotatable bonds is 9. The maximum atomic E-state index is 10.9. The number of nitrogens with one attached hydrogen (secondary N) is 1. The maximum absolute atomic E-state index is 10.9. The van der Waals surface area contributed by atoms with Crippen LogP contribution in [-0.4, -0.2) is 31.3 Å². The van der Waals surface area contributed by atoms with Crippen molar-refractivity contribution in [2.24, 2.45) is 5.73 Å². The molecule has 0 saturated carbocycles. The van der Waals surface area contributed by atoms with E-state index in [0.29, 0.717) is 23.9 Å². The molecule has 0 fully saturated rings. The lowest BCUT2D eigenvalue weighted by molar-refractivity contribution is -0.119. The average molecular weight is 365 g/mol. The van der Waals surface area contributed by atoms with Gasteiger partial charge in [-0.25, -0.2) is 0 Å². The first-order valence-electron chi connectivity index (χ1n) is 7.72. The third kappa shape index (κ3) is 5.63. The first-order valence-corrected chi connectivity index (χ1v) is 8.10. The Balaban J connectivity index is 1.98. The van der Waals surface area contributed by atoms with E-state index in [9.17, 15) is 9.90 Å². The molecule has 2 rings (SSSR count). The number of nitrogens with two attached hydrogens (primary N) is 1. The van der Waals surface area contributed by atoms with Crippen LogP contribution in [0.5, 0.6) is 11.5 Å². The minimum Gasteiger partial charge on any atom is -0.493 e. The first-order chi connectivity index (χ1) is 12.0. The predicted molar refractivity (Wildman–Crippen MR) is 95.8 cm³/mol. The standard InChI is InChI=1S/C18H21ClN2O4/c1-24-16-8-12(7-14(19)18(16)25-11-17(20)23)9-21-10-15(22)13-5-3-2-4-6-13/h2-8,15,21-22H,9-11H2,1H3,(H2,20,23)/t15-/m1/s1. The molecule has 0 aliphatic carbocycles. The van der Waals surface area contributed by atoms with Gasteiger partial charge in [-0.3, -0.25) is 4.79 Å². The summed E-state index contributed by atoms with van der Waals surface area (Å²) in [6.07, 6.45) is -0.600. The van der Waals surface area contributed by atoms with Crippen LogP contribution in [-0.2, 0) is 11.3 Å². The molecule has 6 nitrogen and oxygen atoms in total. The molecule has 0 spiro atoms. The van der Waals surface area contributed by atoms with E-state index in [1.807, 2.05) is 30.3 Å². The Morgan fingerprint density at radius 2 is 2.04 bits per heavy atom. The normalized spacial score (nSPS) is 11.8. The molecule has 2 aromatic carbocycles. The van der Waals surface area contributed by atoms with Gasteiger partial charge in [0.05, 0.1) is 18.2 Å². The van der Waals surface area contributed by atoms with Crippen LogP contribution in [0.1, 0.15) is 17.2 Å². The molecule has 0 aromatic heterocycles. The molecule has 0 bridgehead atoms. The van der Waals surface area contributed by atoms with E-state index in [0.717, 1.165) is 11.1 Å². The fourth-order valence-electron chi connectivity index (χ4n) is 2.30. The fraction of sp³-hybridized carbons (Fsp3) is 0.278. The number of benzene rings is 2. The van der Waals surface area contributed by atoms with Crippen molar-refractivity contribution in [3.63, 3.8) is 0 Å². The molecule has 0 radical (unpaired) electrons. The zero-order chi connectivity index (χ0) is 18.2. The summed E-state index contributed by atoms with van der Waals surface area (Å²) >= 11 is 6.20. The second-order valence-electron chi connectivity index (χ2n) is 5.42. The van der Waals surface area contributed by atoms with Crippen LogP contribution in [0.15, 0.2) is 42.5 Å². The molecule has 1 atom stereocenters. The smallest absolute Gasteiger partial charge is 0.255 e. The highest BCUT2D eigenvalue weighted by Crippen LogP contribution is 2.36. The molecule has 0 unspecified atom stereocenters. The van der Waals surface area contributed by atoms with Crippen LogP contribution >= 0.6 is 11.6 Å². The van der Waals surface area contributed by atoms with E-state index in [1.165, 1.54) is 7.11 Å². The Bertz CT molecular complexity index is 710. The highest BCUT2D eigenvalue weighted by Gasteiger charge is 2.13. The van der Waals surface area contributed by atoms with Gasteiger partial charge in [-0.15, -0.1) is 0 Å². The summed E-state index contributed by atoms with van der Waals surface area (Å²) in [4.78, 5) is 10.9. The Kier molecular flexibility index (Phi) is 7.06. The van der Waals surface area contributed by atoms with Crippen LogP contribution < -0.4 is 20.5 Å². The largest absolute Gasteiger partial charge is 0.493 e. The van der Waals surface area contributed by atoms with Crippen molar-refractivity contribution >= 4 is 17.5 Å². The van der Waals surface area contributed by atoms with Gasteiger partial charge >= 0.3 is 0 Å². The quantitative estimate of drug-likeness (QED) is 0.633.